The number of nitrogens with two attached hydrogens (primary N) is 1. The van der Waals surface area contributed by atoms with Gasteiger partial charge in [-0.1, -0.05) is 25.4 Å². The van der Waals surface area contributed by atoms with Crippen molar-refractivity contribution in [1.29, 1.82) is 0 Å². The molecule has 0 radical (unpaired) electrons. The molecule has 1 aromatic rings. The molecule has 0 saturated heterocycles. The van der Waals surface area contributed by atoms with E-state index in [4.69, 9.17) is 22.1 Å². The van der Waals surface area contributed by atoms with Crippen LogP contribution >= 0.6 is 11.6 Å². The number of benzene rings is 1. The van der Waals surface area contributed by atoms with Crippen LogP contribution in [0.2, 0.25) is 5.02 Å². The second kappa shape index (κ2) is 7.26. The maximum atomic E-state index is 12.7. The normalized spacial score (nSPS) is 12.3. The minimum Gasteiger partial charge on any atom is -0.398 e. The van der Waals surface area contributed by atoms with Crippen LogP contribution in [0.1, 0.15) is 13.8 Å². The number of rotatable bonds is 7. The molecule has 1 rings (SSSR count). The van der Waals surface area contributed by atoms with E-state index in [9.17, 15) is 8.42 Å². The van der Waals surface area contributed by atoms with Gasteiger partial charge in [-0.2, -0.15) is 4.31 Å². The minimum atomic E-state index is -3.68. The predicted octanol–water partition coefficient (Wildman–Crippen LogP) is 2.22. The third-order valence-corrected chi connectivity index (χ3v) is 4.86. The largest absolute Gasteiger partial charge is 0.398 e. The average Bonchev–Trinajstić information content (AvgIpc) is 2.36. The highest BCUT2D eigenvalue weighted by Crippen LogP contribution is 2.26. The Bertz CT molecular complexity index is 547. The van der Waals surface area contributed by atoms with Crippen LogP contribution in [0.4, 0.5) is 5.69 Å². The molecule has 0 aliphatic carbocycles. The lowest BCUT2D eigenvalue weighted by molar-refractivity contribution is 0.175. The molecule has 1 aromatic carbocycles. The first-order chi connectivity index (χ1) is 9.28. The van der Waals surface area contributed by atoms with E-state index < -0.39 is 10.0 Å². The van der Waals surface area contributed by atoms with Crippen molar-refractivity contribution in [3.63, 3.8) is 0 Å². The second-order valence-corrected chi connectivity index (χ2v) is 7.27. The Hall–Kier alpha value is -0.820. The van der Waals surface area contributed by atoms with Gasteiger partial charge in [0.25, 0.3) is 0 Å². The Morgan fingerprint density at radius 3 is 2.60 bits per heavy atom. The summed E-state index contributed by atoms with van der Waals surface area (Å²) in [5.41, 5.74) is 5.97. The zero-order chi connectivity index (χ0) is 15.3. The second-order valence-electron chi connectivity index (χ2n) is 4.93. The monoisotopic (exact) mass is 320 g/mol. The maximum Gasteiger partial charge on any atom is 0.245 e. The number of nitrogen functional groups attached to an aromatic ring is 1. The van der Waals surface area contributed by atoms with E-state index in [1.807, 2.05) is 13.8 Å². The average molecular weight is 321 g/mol. The van der Waals surface area contributed by atoms with Crippen molar-refractivity contribution in [2.45, 2.75) is 18.7 Å². The van der Waals surface area contributed by atoms with E-state index in [1.165, 1.54) is 23.5 Å². The molecule has 0 aromatic heterocycles. The molecule has 0 aliphatic heterocycles. The van der Waals surface area contributed by atoms with Gasteiger partial charge in [-0.25, -0.2) is 8.42 Å². The molecule has 0 bridgehead atoms. The van der Waals surface area contributed by atoms with Crippen LogP contribution in [-0.2, 0) is 14.8 Å². The van der Waals surface area contributed by atoms with E-state index in [0.29, 0.717) is 18.2 Å². The highest BCUT2D eigenvalue weighted by atomic mass is 35.5. The molecule has 0 heterocycles. The number of halogens is 1. The van der Waals surface area contributed by atoms with Crippen molar-refractivity contribution in [2.75, 3.05) is 32.5 Å². The lowest BCUT2D eigenvalue weighted by Gasteiger charge is -2.24. The van der Waals surface area contributed by atoms with Gasteiger partial charge in [0.15, 0.2) is 0 Å². The van der Waals surface area contributed by atoms with Gasteiger partial charge in [0.05, 0.1) is 12.3 Å². The molecule has 2 N–H and O–H groups in total. The van der Waals surface area contributed by atoms with Crippen molar-refractivity contribution >= 4 is 27.3 Å². The topological polar surface area (TPSA) is 72.6 Å². The highest BCUT2D eigenvalue weighted by molar-refractivity contribution is 7.89. The van der Waals surface area contributed by atoms with Crippen LogP contribution < -0.4 is 5.73 Å². The number of hydrogen-bond acceptors (Lipinski definition) is 4. The molecule has 0 fully saturated rings. The smallest absolute Gasteiger partial charge is 0.245 e. The summed E-state index contributed by atoms with van der Waals surface area (Å²) in [6.07, 6.45) is 0. The minimum absolute atomic E-state index is 0.0433. The van der Waals surface area contributed by atoms with Crippen LogP contribution in [0.3, 0.4) is 0 Å². The first-order valence-corrected chi connectivity index (χ1v) is 8.15. The van der Waals surface area contributed by atoms with E-state index in [1.54, 1.807) is 6.07 Å². The summed E-state index contributed by atoms with van der Waals surface area (Å²) < 4.78 is 31.7. The number of anilines is 1. The van der Waals surface area contributed by atoms with Crippen molar-refractivity contribution in [1.82, 2.24) is 4.31 Å². The van der Waals surface area contributed by atoms with Gasteiger partial charge >= 0.3 is 0 Å². The molecule has 0 unspecified atom stereocenters. The Morgan fingerprint density at radius 2 is 2.05 bits per heavy atom. The van der Waals surface area contributed by atoms with Crippen LogP contribution in [-0.4, -0.2) is 39.5 Å². The number of hydrogen-bond donors (Lipinski definition) is 1. The fourth-order valence-electron chi connectivity index (χ4n) is 1.78. The SMILES string of the molecule is COCCN(CC(C)C)S(=O)(=O)c1cc(Cl)ccc1N. The molecule has 20 heavy (non-hydrogen) atoms. The van der Waals surface area contributed by atoms with Gasteiger partial charge in [0, 0.05) is 25.2 Å². The Kier molecular flexibility index (Phi) is 6.26. The molecule has 114 valence electrons. The molecule has 7 heteroatoms. The van der Waals surface area contributed by atoms with Crippen LogP contribution in [0.5, 0.6) is 0 Å². The maximum absolute atomic E-state index is 12.7. The zero-order valence-corrected chi connectivity index (χ0v) is 13.5. The number of methoxy groups -OCH3 is 1. The van der Waals surface area contributed by atoms with E-state index in [0.717, 1.165) is 0 Å². The number of sulfonamides is 1. The summed E-state index contributed by atoms with van der Waals surface area (Å²) in [5, 5.41) is 0.342. The van der Waals surface area contributed by atoms with Crippen molar-refractivity contribution in [3.8, 4) is 0 Å². The van der Waals surface area contributed by atoms with E-state index in [-0.39, 0.29) is 23.0 Å². The van der Waals surface area contributed by atoms with Crippen molar-refractivity contribution < 1.29 is 13.2 Å². The van der Waals surface area contributed by atoms with Gasteiger partial charge < -0.3 is 10.5 Å². The quantitative estimate of drug-likeness (QED) is 0.782. The van der Waals surface area contributed by atoms with Gasteiger partial charge in [-0.15, -0.1) is 0 Å². The molecular formula is C13H21ClN2O3S. The summed E-state index contributed by atoms with van der Waals surface area (Å²) in [6.45, 7) is 4.92. The molecule has 0 atom stereocenters. The third kappa shape index (κ3) is 4.34. The van der Waals surface area contributed by atoms with Crippen molar-refractivity contribution in [2.24, 2.45) is 5.92 Å². The van der Waals surface area contributed by atoms with Crippen LogP contribution in [0.15, 0.2) is 23.1 Å². The van der Waals surface area contributed by atoms with Crippen LogP contribution in [0, 0.1) is 5.92 Å². The first-order valence-electron chi connectivity index (χ1n) is 6.33. The fourth-order valence-corrected chi connectivity index (χ4v) is 3.75. The van der Waals surface area contributed by atoms with Gasteiger partial charge in [0.2, 0.25) is 10.0 Å². The van der Waals surface area contributed by atoms with Crippen molar-refractivity contribution in [3.05, 3.63) is 23.2 Å². The summed E-state index contributed by atoms with van der Waals surface area (Å²) >= 11 is 5.87. The predicted molar refractivity (Wildman–Crippen MR) is 81.3 cm³/mol. The fraction of sp³-hybridized carbons (Fsp3) is 0.538. The first kappa shape index (κ1) is 17.2. The molecule has 0 spiro atoms. The highest BCUT2D eigenvalue weighted by Gasteiger charge is 2.27. The zero-order valence-electron chi connectivity index (χ0n) is 12.0. The van der Waals surface area contributed by atoms with Gasteiger partial charge in [-0.3, -0.25) is 0 Å². The molecular weight excluding hydrogens is 300 g/mol. The van der Waals surface area contributed by atoms with E-state index >= 15 is 0 Å². The Morgan fingerprint density at radius 1 is 1.40 bits per heavy atom. The third-order valence-electron chi connectivity index (χ3n) is 2.71. The Balaban J connectivity index is 3.17. The van der Waals surface area contributed by atoms with E-state index in [2.05, 4.69) is 0 Å². The number of ether oxygens (including phenoxy) is 1. The Labute approximate surface area is 125 Å². The summed E-state index contributed by atoms with van der Waals surface area (Å²) in [4.78, 5) is 0.0433. The molecule has 0 amide bonds. The lowest BCUT2D eigenvalue weighted by atomic mass is 10.2. The summed E-state index contributed by atoms with van der Waals surface area (Å²) in [5.74, 6) is 0.196. The summed E-state index contributed by atoms with van der Waals surface area (Å²) in [7, 11) is -2.14. The lowest BCUT2D eigenvalue weighted by Crippen LogP contribution is -2.37. The standard InChI is InChI=1S/C13H21ClN2O3S/c1-10(2)9-16(6-7-19-3)20(17,18)13-8-11(14)4-5-12(13)15/h4-5,8,10H,6-7,9,15H2,1-3H3. The molecule has 5 nitrogen and oxygen atoms in total. The molecule has 0 saturated carbocycles. The number of nitrogens with zero attached hydrogens (tertiary/aromatic N) is 1. The van der Waals surface area contributed by atoms with Crippen LogP contribution in [0.25, 0.3) is 0 Å². The van der Waals surface area contributed by atoms with Gasteiger partial charge in [0.1, 0.15) is 4.90 Å². The molecule has 0 aliphatic rings. The summed E-state index contributed by atoms with van der Waals surface area (Å²) in [6, 6.07) is 4.45. The van der Waals surface area contributed by atoms with Gasteiger partial charge in [-0.05, 0) is 24.1 Å².